The summed E-state index contributed by atoms with van der Waals surface area (Å²) in [4.78, 5) is 29.2. The first-order valence-corrected chi connectivity index (χ1v) is 10.9. The molecule has 3 rings (SSSR count). The largest absolute Gasteiger partial charge is 0.352 e. The second-order valence-electron chi connectivity index (χ2n) is 7.12. The molecular formula is C17H20ClFN6O4S. The number of halogens is 2. The number of sulfonamides is 1. The smallest absolute Gasteiger partial charge is 0.312 e. The minimum Gasteiger partial charge on any atom is -0.352 e. The first-order chi connectivity index (χ1) is 14.0. The molecule has 0 atom stereocenters. The number of amides is 3. The van der Waals surface area contributed by atoms with Crippen LogP contribution in [0.1, 0.15) is 23.2 Å². The van der Waals surface area contributed by atoms with Crippen LogP contribution in [0.4, 0.5) is 9.18 Å². The van der Waals surface area contributed by atoms with E-state index in [2.05, 4.69) is 10.3 Å². The zero-order valence-electron chi connectivity index (χ0n) is 15.9. The van der Waals surface area contributed by atoms with E-state index in [4.69, 9.17) is 17.3 Å². The Kier molecular flexibility index (Phi) is 6.29. The predicted octanol–water partition coefficient (Wildman–Crippen LogP) is 0.891. The summed E-state index contributed by atoms with van der Waals surface area (Å²) in [6, 6.07) is 1.73. The van der Waals surface area contributed by atoms with Crippen LogP contribution < -0.4 is 21.3 Å². The van der Waals surface area contributed by atoms with Gasteiger partial charge in [-0.2, -0.15) is 0 Å². The molecule has 10 nitrogen and oxygen atoms in total. The van der Waals surface area contributed by atoms with Crippen LogP contribution in [0.15, 0.2) is 24.7 Å². The molecular weight excluding hydrogens is 439 g/mol. The molecule has 2 aromatic rings. The third-order valence-corrected chi connectivity index (χ3v) is 6.23. The number of nitrogens with one attached hydrogen (secondary N) is 3. The Hall–Kier alpha value is -2.70. The Morgan fingerprint density at radius 2 is 2.07 bits per heavy atom. The van der Waals surface area contributed by atoms with Gasteiger partial charge >= 0.3 is 6.03 Å². The van der Waals surface area contributed by atoms with Gasteiger partial charge in [0.05, 0.1) is 28.4 Å². The van der Waals surface area contributed by atoms with Gasteiger partial charge in [0, 0.05) is 24.8 Å². The lowest BCUT2D eigenvalue weighted by Crippen LogP contribution is -2.50. The highest BCUT2D eigenvalue weighted by molar-refractivity contribution is 7.89. The van der Waals surface area contributed by atoms with Crippen molar-refractivity contribution in [1.29, 1.82) is 0 Å². The molecule has 1 aromatic heterocycles. The number of rotatable bonds is 7. The van der Waals surface area contributed by atoms with E-state index in [1.807, 2.05) is 10.3 Å². The fourth-order valence-electron chi connectivity index (χ4n) is 3.20. The van der Waals surface area contributed by atoms with E-state index in [0.717, 1.165) is 0 Å². The van der Waals surface area contributed by atoms with Gasteiger partial charge in [0.25, 0.3) is 5.91 Å². The topological polar surface area (TPSA) is 148 Å². The van der Waals surface area contributed by atoms with Gasteiger partial charge in [0.15, 0.2) is 5.82 Å². The van der Waals surface area contributed by atoms with Crippen LogP contribution >= 0.6 is 11.6 Å². The third-order valence-electron chi connectivity index (χ3n) is 4.63. The summed E-state index contributed by atoms with van der Waals surface area (Å²) in [6.45, 7) is 0. The Morgan fingerprint density at radius 1 is 1.37 bits per heavy atom. The quantitative estimate of drug-likeness (QED) is 0.455. The average Bonchev–Trinajstić information content (AvgIpc) is 3.06. The van der Waals surface area contributed by atoms with Crippen LogP contribution in [0.2, 0.25) is 5.02 Å². The summed E-state index contributed by atoms with van der Waals surface area (Å²) in [5.74, 6) is -2.44. The van der Waals surface area contributed by atoms with Crippen LogP contribution in [0.5, 0.6) is 0 Å². The summed E-state index contributed by atoms with van der Waals surface area (Å²) in [5, 5.41) is 2.19. The molecule has 0 bridgehead atoms. The molecule has 1 aromatic carbocycles. The fraction of sp³-hybridized carbons (Fsp3) is 0.353. The van der Waals surface area contributed by atoms with E-state index >= 15 is 0 Å². The second-order valence-corrected chi connectivity index (χ2v) is 9.30. The zero-order valence-corrected chi connectivity index (χ0v) is 17.4. The van der Waals surface area contributed by atoms with Crippen LogP contribution in [0.3, 0.4) is 0 Å². The van der Waals surface area contributed by atoms with Crippen molar-refractivity contribution >= 4 is 33.6 Å². The second kappa shape index (κ2) is 8.58. The number of nitrogens with zero attached hydrogens (tertiary/aromatic N) is 2. The molecule has 1 aliphatic carbocycles. The standard InChI is InChI=1S/C17H20ClFN6O4S/c1-25-6-14(21-8-25)10-4-12(15(19)13(18)5-10)16(26)23-24-30(28,29)7-9-2-11(3-9)22-17(20)27/h4-6,8-9,11,24H,2-3,7H2,1H3,(H,23,26)(H3,20,22,27)/t9-,11+. The van der Waals surface area contributed by atoms with Crippen molar-refractivity contribution in [3.05, 3.63) is 41.1 Å². The van der Waals surface area contributed by atoms with Gasteiger partial charge in [0.1, 0.15) is 0 Å². The molecule has 0 unspecified atom stereocenters. The molecule has 162 valence electrons. The maximum atomic E-state index is 14.4. The van der Waals surface area contributed by atoms with Crippen LogP contribution in [-0.4, -0.2) is 41.7 Å². The first-order valence-electron chi connectivity index (χ1n) is 8.87. The lowest BCUT2D eigenvalue weighted by molar-refractivity contribution is 0.0940. The Balaban J connectivity index is 1.63. The maximum Gasteiger partial charge on any atom is 0.312 e. The number of aryl methyl sites for hydroxylation is 1. The van der Waals surface area contributed by atoms with E-state index in [1.54, 1.807) is 17.8 Å². The highest BCUT2D eigenvalue weighted by Gasteiger charge is 2.33. The number of carbonyl (C=O) groups excluding carboxylic acids is 2. The number of primary amides is 1. The zero-order chi connectivity index (χ0) is 22.1. The normalized spacial score (nSPS) is 18.5. The van der Waals surface area contributed by atoms with Gasteiger partial charge in [-0.25, -0.2) is 22.6 Å². The van der Waals surface area contributed by atoms with Crippen molar-refractivity contribution in [2.24, 2.45) is 18.7 Å². The summed E-state index contributed by atoms with van der Waals surface area (Å²) in [6.07, 6.45) is 4.10. The Morgan fingerprint density at radius 3 is 2.67 bits per heavy atom. The number of imidazole rings is 1. The fourth-order valence-corrected chi connectivity index (χ4v) is 4.64. The highest BCUT2D eigenvalue weighted by atomic mass is 35.5. The van der Waals surface area contributed by atoms with Crippen molar-refractivity contribution < 1.29 is 22.4 Å². The van der Waals surface area contributed by atoms with Gasteiger partial charge in [0.2, 0.25) is 10.0 Å². The van der Waals surface area contributed by atoms with Gasteiger partial charge in [-0.1, -0.05) is 11.6 Å². The molecule has 0 radical (unpaired) electrons. The van der Waals surface area contributed by atoms with E-state index in [1.165, 1.54) is 18.5 Å². The van der Waals surface area contributed by atoms with E-state index < -0.39 is 33.3 Å². The molecule has 5 N–H and O–H groups in total. The summed E-state index contributed by atoms with van der Waals surface area (Å²) < 4.78 is 40.4. The molecule has 0 aliphatic heterocycles. The molecule has 0 spiro atoms. The van der Waals surface area contributed by atoms with Crippen LogP contribution in [0, 0.1) is 11.7 Å². The van der Waals surface area contributed by atoms with Gasteiger partial charge < -0.3 is 15.6 Å². The van der Waals surface area contributed by atoms with Crippen molar-refractivity contribution in [2.45, 2.75) is 18.9 Å². The van der Waals surface area contributed by atoms with Crippen molar-refractivity contribution in [3.8, 4) is 11.3 Å². The number of hydrogen-bond donors (Lipinski definition) is 4. The number of nitrogens with two attached hydrogens (primary N) is 1. The van der Waals surface area contributed by atoms with Gasteiger partial charge in [-0.15, -0.1) is 4.83 Å². The summed E-state index contributed by atoms with van der Waals surface area (Å²) >= 11 is 5.89. The number of hydrazine groups is 1. The molecule has 3 amide bonds. The molecule has 30 heavy (non-hydrogen) atoms. The molecule has 1 heterocycles. The number of urea groups is 1. The SMILES string of the molecule is Cn1cnc(-c2cc(Cl)c(F)c(C(=O)NNS(=O)(=O)C[C@H]3C[C@@H](NC(N)=O)C3)c2)c1. The third kappa shape index (κ3) is 5.26. The lowest BCUT2D eigenvalue weighted by atomic mass is 9.82. The minimum absolute atomic E-state index is 0.164. The van der Waals surface area contributed by atoms with Crippen LogP contribution in [-0.2, 0) is 17.1 Å². The lowest BCUT2D eigenvalue weighted by Gasteiger charge is -2.34. The van der Waals surface area contributed by atoms with Crippen molar-refractivity contribution in [3.63, 3.8) is 0 Å². The first kappa shape index (κ1) is 22.0. The Labute approximate surface area is 177 Å². The Bertz CT molecular complexity index is 1080. The number of benzene rings is 1. The molecule has 1 aliphatic rings. The van der Waals surface area contributed by atoms with E-state index in [9.17, 15) is 22.4 Å². The predicted molar refractivity (Wildman–Crippen MR) is 107 cm³/mol. The number of aromatic nitrogens is 2. The molecule has 13 heteroatoms. The molecule has 1 fully saturated rings. The van der Waals surface area contributed by atoms with Crippen LogP contribution in [0.25, 0.3) is 11.3 Å². The number of carbonyl (C=O) groups is 2. The summed E-state index contributed by atoms with van der Waals surface area (Å²) in [5.41, 5.74) is 7.45. The van der Waals surface area contributed by atoms with Gasteiger partial charge in [-0.3, -0.25) is 10.2 Å². The molecule has 0 saturated heterocycles. The van der Waals surface area contributed by atoms with E-state index in [-0.39, 0.29) is 22.7 Å². The van der Waals surface area contributed by atoms with E-state index in [0.29, 0.717) is 24.1 Å². The monoisotopic (exact) mass is 458 g/mol. The average molecular weight is 459 g/mol. The number of hydrogen-bond acceptors (Lipinski definition) is 5. The van der Waals surface area contributed by atoms with Crippen molar-refractivity contribution in [1.82, 2.24) is 25.1 Å². The minimum atomic E-state index is -3.88. The van der Waals surface area contributed by atoms with Crippen molar-refractivity contribution in [2.75, 3.05) is 5.75 Å². The summed E-state index contributed by atoms with van der Waals surface area (Å²) in [7, 11) is -2.13. The maximum absolute atomic E-state index is 14.4. The van der Waals surface area contributed by atoms with Gasteiger partial charge in [-0.05, 0) is 30.9 Å². The highest BCUT2D eigenvalue weighted by Crippen LogP contribution is 2.29. The molecule has 1 saturated carbocycles.